The maximum absolute atomic E-state index is 5.96. The minimum absolute atomic E-state index is 0.559. The Labute approximate surface area is 118 Å². The van der Waals surface area contributed by atoms with Gasteiger partial charge in [-0.3, -0.25) is 0 Å². The van der Waals surface area contributed by atoms with Gasteiger partial charge in [0.05, 0.1) is 6.61 Å². The highest BCUT2D eigenvalue weighted by Gasteiger charge is 2.09. The summed E-state index contributed by atoms with van der Waals surface area (Å²) in [7, 11) is 0. The molecule has 0 fully saturated rings. The van der Waals surface area contributed by atoms with Crippen LogP contribution >= 0.6 is 27.5 Å². The Morgan fingerprint density at radius 1 is 1.35 bits per heavy atom. The Kier molecular flexibility index (Phi) is 6.98. The van der Waals surface area contributed by atoms with Crippen molar-refractivity contribution in [2.75, 3.05) is 12.5 Å². The molecule has 0 N–H and O–H groups in total. The molecule has 0 bridgehead atoms. The summed E-state index contributed by atoms with van der Waals surface area (Å²) in [6.45, 7) is 5.20. The fraction of sp³-hybridized carbons (Fsp3) is 0.571. The van der Waals surface area contributed by atoms with Gasteiger partial charge >= 0.3 is 0 Å². The van der Waals surface area contributed by atoms with Gasteiger partial charge in [0.1, 0.15) is 5.75 Å². The van der Waals surface area contributed by atoms with Gasteiger partial charge in [0.15, 0.2) is 0 Å². The fourth-order valence-electron chi connectivity index (χ4n) is 1.82. The Balaban J connectivity index is 2.31. The third kappa shape index (κ3) is 6.32. The van der Waals surface area contributed by atoms with E-state index in [1.807, 2.05) is 24.3 Å². The zero-order valence-electron chi connectivity index (χ0n) is 10.5. The van der Waals surface area contributed by atoms with E-state index in [1.165, 1.54) is 6.42 Å². The van der Waals surface area contributed by atoms with Crippen LogP contribution < -0.4 is 4.74 Å². The number of benzene rings is 1. The zero-order valence-corrected chi connectivity index (χ0v) is 12.8. The molecule has 1 aromatic carbocycles. The van der Waals surface area contributed by atoms with Crippen molar-refractivity contribution in [3.05, 3.63) is 28.7 Å². The molecule has 0 radical (unpaired) electrons. The molecule has 1 rings (SSSR count). The van der Waals surface area contributed by atoms with Crippen LogP contribution in [-0.4, -0.2) is 12.5 Å². The Morgan fingerprint density at radius 3 is 2.71 bits per heavy atom. The first-order valence-corrected chi connectivity index (χ1v) is 7.39. The number of hydrogen-bond donors (Lipinski definition) is 0. The predicted molar refractivity (Wildman–Crippen MR) is 77.9 cm³/mol. The average molecular weight is 320 g/mol. The highest BCUT2D eigenvalue weighted by Crippen LogP contribution is 2.20. The molecular formula is C14H20BrClO. The van der Waals surface area contributed by atoms with E-state index in [-0.39, 0.29) is 0 Å². The van der Waals surface area contributed by atoms with Crippen LogP contribution in [0, 0.1) is 11.8 Å². The third-order valence-corrected chi connectivity index (χ3v) is 3.54. The van der Waals surface area contributed by atoms with Crippen LogP contribution in [0.25, 0.3) is 0 Å². The van der Waals surface area contributed by atoms with Crippen molar-refractivity contribution in [2.45, 2.75) is 26.7 Å². The number of rotatable bonds is 7. The van der Waals surface area contributed by atoms with E-state index in [9.17, 15) is 0 Å². The van der Waals surface area contributed by atoms with Gasteiger partial charge in [0, 0.05) is 10.4 Å². The molecule has 0 spiro atoms. The molecule has 1 nitrogen and oxygen atoms in total. The topological polar surface area (TPSA) is 9.23 Å². The molecule has 1 aromatic rings. The smallest absolute Gasteiger partial charge is 0.120 e. The maximum atomic E-state index is 5.96. The van der Waals surface area contributed by atoms with E-state index in [4.69, 9.17) is 16.3 Å². The second kappa shape index (κ2) is 7.99. The number of ether oxygens (including phenoxy) is 1. The van der Waals surface area contributed by atoms with Gasteiger partial charge in [-0.1, -0.05) is 35.8 Å². The van der Waals surface area contributed by atoms with Crippen LogP contribution in [0.15, 0.2) is 28.7 Å². The standard InChI is InChI=1S/C14H20BrClO/c1-11(2)8-12(10-16)6-7-17-14-5-3-4-13(15)9-14/h3-5,9,11-12H,6-8,10H2,1-2H3. The molecule has 0 saturated carbocycles. The summed E-state index contributed by atoms with van der Waals surface area (Å²) in [5, 5.41) is 0. The first-order valence-electron chi connectivity index (χ1n) is 6.06. The summed E-state index contributed by atoms with van der Waals surface area (Å²) in [6.07, 6.45) is 2.19. The lowest BCUT2D eigenvalue weighted by Gasteiger charge is -2.16. The van der Waals surface area contributed by atoms with Gasteiger partial charge in [-0.15, -0.1) is 11.6 Å². The first-order chi connectivity index (χ1) is 8.11. The van der Waals surface area contributed by atoms with Gasteiger partial charge in [0.2, 0.25) is 0 Å². The number of alkyl halides is 1. The summed E-state index contributed by atoms with van der Waals surface area (Å²) in [5.41, 5.74) is 0. The van der Waals surface area contributed by atoms with Crippen molar-refractivity contribution in [1.29, 1.82) is 0 Å². The van der Waals surface area contributed by atoms with Crippen molar-refractivity contribution in [1.82, 2.24) is 0 Å². The highest BCUT2D eigenvalue weighted by atomic mass is 79.9. The van der Waals surface area contributed by atoms with Gasteiger partial charge in [0.25, 0.3) is 0 Å². The van der Waals surface area contributed by atoms with Gasteiger partial charge < -0.3 is 4.74 Å². The Bertz CT molecular complexity index is 328. The lowest BCUT2D eigenvalue weighted by Crippen LogP contribution is -2.11. The third-order valence-electron chi connectivity index (χ3n) is 2.61. The molecule has 96 valence electrons. The average Bonchev–Trinajstić information content (AvgIpc) is 2.27. The van der Waals surface area contributed by atoms with Crippen molar-refractivity contribution in [3.8, 4) is 5.75 Å². The fourth-order valence-corrected chi connectivity index (χ4v) is 2.48. The lowest BCUT2D eigenvalue weighted by atomic mass is 9.96. The van der Waals surface area contributed by atoms with E-state index in [0.717, 1.165) is 29.1 Å². The van der Waals surface area contributed by atoms with Crippen LogP contribution in [0.4, 0.5) is 0 Å². The minimum atomic E-state index is 0.559. The van der Waals surface area contributed by atoms with Gasteiger partial charge in [-0.05, 0) is 42.9 Å². The van der Waals surface area contributed by atoms with Crippen molar-refractivity contribution in [2.24, 2.45) is 11.8 Å². The molecule has 1 atom stereocenters. The molecular weight excluding hydrogens is 300 g/mol. The SMILES string of the molecule is CC(C)CC(CCl)CCOc1cccc(Br)c1. The molecule has 0 aliphatic rings. The Hall–Kier alpha value is -0.210. The van der Waals surface area contributed by atoms with E-state index in [0.29, 0.717) is 11.8 Å². The van der Waals surface area contributed by atoms with Crippen LogP contribution in [0.1, 0.15) is 26.7 Å². The molecule has 0 aromatic heterocycles. The van der Waals surface area contributed by atoms with Crippen molar-refractivity contribution >= 4 is 27.5 Å². The van der Waals surface area contributed by atoms with Gasteiger partial charge in [-0.25, -0.2) is 0 Å². The quantitative estimate of drug-likeness (QED) is 0.634. The summed E-state index contributed by atoms with van der Waals surface area (Å²) in [6, 6.07) is 7.93. The van der Waals surface area contributed by atoms with E-state index in [1.54, 1.807) is 0 Å². The van der Waals surface area contributed by atoms with Crippen LogP contribution in [0.3, 0.4) is 0 Å². The summed E-state index contributed by atoms with van der Waals surface area (Å²) in [4.78, 5) is 0. The molecule has 0 aliphatic heterocycles. The summed E-state index contributed by atoms with van der Waals surface area (Å²) < 4.78 is 6.76. The molecule has 0 amide bonds. The van der Waals surface area contributed by atoms with Crippen molar-refractivity contribution in [3.63, 3.8) is 0 Å². The molecule has 0 aliphatic carbocycles. The first kappa shape index (κ1) is 14.8. The summed E-state index contributed by atoms with van der Waals surface area (Å²) in [5.74, 6) is 2.89. The maximum Gasteiger partial charge on any atom is 0.120 e. The number of halogens is 2. The highest BCUT2D eigenvalue weighted by molar-refractivity contribution is 9.10. The van der Waals surface area contributed by atoms with E-state index < -0.39 is 0 Å². The molecule has 1 unspecified atom stereocenters. The zero-order chi connectivity index (χ0) is 12.7. The second-order valence-electron chi connectivity index (χ2n) is 4.74. The Morgan fingerprint density at radius 2 is 2.12 bits per heavy atom. The summed E-state index contributed by atoms with van der Waals surface area (Å²) >= 11 is 9.38. The van der Waals surface area contributed by atoms with Crippen molar-refractivity contribution < 1.29 is 4.74 Å². The molecule has 17 heavy (non-hydrogen) atoms. The van der Waals surface area contributed by atoms with Gasteiger partial charge in [-0.2, -0.15) is 0 Å². The molecule has 0 heterocycles. The monoisotopic (exact) mass is 318 g/mol. The lowest BCUT2D eigenvalue weighted by molar-refractivity contribution is 0.271. The largest absolute Gasteiger partial charge is 0.494 e. The normalized spacial score (nSPS) is 12.8. The molecule has 3 heteroatoms. The number of hydrogen-bond acceptors (Lipinski definition) is 1. The van der Waals surface area contributed by atoms with Crippen LogP contribution in [0.2, 0.25) is 0 Å². The van der Waals surface area contributed by atoms with Crippen LogP contribution in [-0.2, 0) is 0 Å². The van der Waals surface area contributed by atoms with E-state index >= 15 is 0 Å². The van der Waals surface area contributed by atoms with E-state index in [2.05, 4.69) is 29.8 Å². The predicted octanol–water partition coefficient (Wildman–Crippen LogP) is 5.12. The minimum Gasteiger partial charge on any atom is -0.494 e. The molecule has 0 saturated heterocycles. The van der Waals surface area contributed by atoms with Crippen LogP contribution in [0.5, 0.6) is 5.75 Å². The second-order valence-corrected chi connectivity index (χ2v) is 5.97.